The molecule has 1 aromatic carbocycles. The number of benzene rings is 1. The number of ether oxygens (including phenoxy) is 1. The summed E-state index contributed by atoms with van der Waals surface area (Å²) in [6.45, 7) is 11.6. The summed E-state index contributed by atoms with van der Waals surface area (Å²) in [5.74, 6) is 0.998. The summed E-state index contributed by atoms with van der Waals surface area (Å²) >= 11 is 0. The number of piperidine rings is 1. The van der Waals surface area contributed by atoms with Crippen molar-refractivity contribution in [3.8, 4) is 5.75 Å². The Hall–Kier alpha value is -1.85. The fourth-order valence-electron chi connectivity index (χ4n) is 4.01. The first-order chi connectivity index (χ1) is 13.1. The lowest BCUT2D eigenvalue weighted by Gasteiger charge is -2.27. The lowest BCUT2D eigenvalue weighted by Crippen LogP contribution is -2.29. The predicted molar refractivity (Wildman–Crippen MR) is 110 cm³/mol. The van der Waals surface area contributed by atoms with Gasteiger partial charge in [-0.05, 0) is 64.4 Å². The van der Waals surface area contributed by atoms with Crippen LogP contribution in [0.2, 0.25) is 0 Å². The fourth-order valence-corrected chi connectivity index (χ4v) is 4.01. The van der Waals surface area contributed by atoms with Crippen LogP contribution in [0.3, 0.4) is 0 Å². The highest BCUT2D eigenvalue weighted by molar-refractivity contribution is 5.37. The molecule has 5 heteroatoms. The van der Waals surface area contributed by atoms with Gasteiger partial charge in [0.15, 0.2) is 0 Å². The van der Waals surface area contributed by atoms with Gasteiger partial charge < -0.3 is 10.1 Å². The Balaban J connectivity index is 1.65. The molecular formula is C22H34N4O. The highest BCUT2D eigenvalue weighted by Crippen LogP contribution is 2.24. The third-order valence-corrected chi connectivity index (χ3v) is 5.71. The summed E-state index contributed by atoms with van der Waals surface area (Å²) in [6.07, 6.45) is 5.98. The molecule has 1 unspecified atom stereocenters. The molecule has 0 bridgehead atoms. The van der Waals surface area contributed by atoms with Gasteiger partial charge >= 0.3 is 0 Å². The standard InChI is InChI=1S/C22H34N4O/c1-5-26-18(3)21(15-24-26)17(2)23-14-19-9-10-22(27-4)20(13-19)16-25-11-7-6-8-12-25/h9-10,13,15,17,23H,5-8,11-12,14,16H2,1-4H3. The molecule has 1 fully saturated rings. The molecule has 2 aromatic rings. The van der Waals surface area contributed by atoms with Crippen molar-refractivity contribution in [2.45, 2.75) is 65.7 Å². The number of hydrogen-bond acceptors (Lipinski definition) is 4. The van der Waals surface area contributed by atoms with E-state index in [1.165, 1.54) is 54.7 Å². The Labute approximate surface area is 163 Å². The van der Waals surface area contributed by atoms with E-state index in [1.54, 1.807) is 7.11 Å². The maximum absolute atomic E-state index is 5.61. The summed E-state index contributed by atoms with van der Waals surface area (Å²) in [5.41, 5.74) is 5.12. The van der Waals surface area contributed by atoms with E-state index in [-0.39, 0.29) is 6.04 Å². The smallest absolute Gasteiger partial charge is 0.123 e. The van der Waals surface area contributed by atoms with Gasteiger partial charge in [0.05, 0.1) is 13.3 Å². The quantitative estimate of drug-likeness (QED) is 0.761. The van der Waals surface area contributed by atoms with Gasteiger partial charge in [0, 0.05) is 42.5 Å². The molecule has 1 aromatic heterocycles. The number of rotatable bonds is 8. The zero-order valence-electron chi connectivity index (χ0n) is 17.3. The molecule has 0 amide bonds. The molecule has 27 heavy (non-hydrogen) atoms. The Morgan fingerprint density at radius 3 is 2.67 bits per heavy atom. The summed E-state index contributed by atoms with van der Waals surface area (Å²) in [4.78, 5) is 2.55. The molecule has 5 nitrogen and oxygen atoms in total. The SMILES string of the molecule is CCn1ncc(C(C)NCc2ccc(OC)c(CN3CCCCC3)c2)c1C. The minimum Gasteiger partial charge on any atom is -0.496 e. The number of nitrogens with zero attached hydrogens (tertiary/aromatic N) is 3. The van der Waals surface area contributed by atoms with Crippen molar-refractivity contribution < 1.29 is 4.74 Å². The van der Waals surface area contributed by atoms with Crippen LogP contribution in [0.25, 0.3) is 0 Å². The molecule has 1 saturated heterocycles. The molecule has 1 aliphatic heterocycles. The second kappa shape index (κ2) is 9.38. The first-order valence-corrected chi connectivity index (χ1v) is 10.3. The lowest BCUT2D eigenvalue weighted by atomic mass is 10.1. The molecule has 1 aliphatic rings. The molecule has 0 aliphatic carbocycles. The second-order valence-electron chi connectivity index (χ2n) is 7.59. The molecule has 0 saturated carbocycles. The van der Waals surface area contributed by atoms with Gasteiger partial charge in [-0.1, -0.05) is 12.5 Å². The first-order valence-electron chi connectivity index (χ1n) is 10.3. The van der Waals surface area contributed by atoms with Crippen molar-refractivity contribution in [1.82, 2.24) is 20.0 Å². The second-order valence-corrected chi connectivity index (χ2v) is 7.59. The number of hydrogen-bond donors (Lipinski definition) is 1. The van der Waals surface area contributed by atoms with Crippen LogP contribution in [0.1, 0.15) is 61.5 Å². The van der Waals surface area contributed by atoms with Crippen molar-refractivity contribution in [1.29, 1.82) is 0 Å². The highest BCUT2D eigenvalue weighted by Gasteiger charge is 2.15. The van der Waals surface area contributed by atoms with E-state index < -0.39 is 0 Å². The first kappa shape index (κ1) is 19.9. The zero-order valence-corrected chi connectivity index (χ0v) is 17.3. The van der Waals surface area contributed by atoms with E-state index in [2.05, 4.69) is 59.0 Å². The highest BCUT2D eigenvalue weighted by atomic mass is 16.5. The minimum atomic E-state index is 0.276. The minimum absolute atomic E-state index is 0.276. The number of aromatic nitrogens is 2. The van der Waals surface area contributed by atoms with E-state index in [0.717, 1.165) is 25.4 Å². The van der Waals surface area contributed by atoms with E-state index in [4.69, 9.17) is 4.74 Å². The van der Waals surface area contributed by atoms with Crippen LogP contribution in [0.15, 0.2) is 24.4 Å². The molecule has 0 radical (unpaired) electrons. The van der Waals surface area contributed by atoms with Crippen molar-refractivity contribution in [2.24, 2.45) is 0 Å². The van der Waals surface area contributed by atoms with Crippen LogP contribution >= 0.6 is 0 Å². The van der Waals surface area contributed by atoms with E-state index in [9.17, 15) is 0 Å². The Kier molecular flexibility index (Phi) is 6.91. The average molecular weight is 371 g/mol. The summed E-state index contributed by atoms with van der Waals surface area (Å²) in [7, 11) is 1.77. The van der Waals surface area contributed by atoms with Crippen LogP contribution in [0.5, 0.6) is 5.75 Å². The van der Waals surface area contributed by atoms with E-state index in [1.807, 2.05) is 6.20 Å². The fraction of sp³-hybridized carbons (Fsp3) is 0.591. The summed E-state index contributed by atoms with van der Waals surface area (Å²) < 4.78 is 7.66. The molecule has 2 heterocycles. The van der Waals surface area contributed by atoms with Gasteiger partial charge in [-0.15, -0.1) is 0 Å². The van der Waals surface area contributed by atoms with Crippen LogP contribution in [0.4, 0.5) is 0 Å². The number of methoxy groups -OCH3 is 1. The van der Waals surface area contributed by atoms with Crippen LogP contribution in [-0.2, 0) is 19.6 Å². The number of aryl methyl sites for hydroxylation is 1. The van der Waals surface area contributed by atoms with Gasteiger partial charge in [-0.2, -0.15) is 5.10 Å². The van der Waals surface area contributed by atoms with E-state index >= 15 is 0 Å². The monoisotopic (exact) mass is 370 g/mol. The largest absolute Gasteiger partial charge is 0.496 e. The number of likely N-dealkylation sites (tertiary alicyclic amines) is 1. The molecule has 1 atom stereocenters. The Morgan fingerprint density at radius 2 is 2.00 bits per heavy atom. The van der Waals surface area contributed by atoms with Crippen LogP contribution in [-0.4, -0.2) is 34.9 Å². The van der Waals surface area contributed by atoms with Gasteiger partial charge in [-0.3, -0.25) is 9.58 Å². The van der Waals surface area contributed by atoms with E-state index in [0.29, 0.717) is 0 Å². The van der Waals surface area contributed by atoms with Gasteiger partial charge in [0.1, 0.15) is 5.75 Å². The van der Waals surface area contributed by atoms with Crippen LogP contribution in [0, 0.1) is 6.92 Å². The van der Waals surface area contributed by atoms with Gasteiger partial charge in [0.25, 0.3) is 0 Å². The normalized spacial score (nSPS) is 16.4. The molecule has 148 valence electrons. The summed E-state index contributed by atoms with van der Waals surface area (Å²) in [5, 5.41) is 8.12. The predicted octanol–water partition coefficient (Wildman–Crippen LogP) is 4.06. The molecule has 1 N–H and O–H groups in total. The Morgan fingerprint density at radius 1 is 1.22 bits per heavy atom. The third-order valence-electron chi connectivity index (χ3n) is 5.71. The number of nitrogens with one attached hydrogen (secondary N) is 1. The zero-order chi connectivity index (χ0) is 19.2. The van der Waals surface area contributed by atoms with Crippen molar-refractivity contribution in [2.75, 3.05) is 20.2 Å². The maximum atomic E-state index is 5.61. The van der Waals surface area contributed by atoms with Crippen molar-refractivity contribution in [3.05, 3.63) is 46.8 Å². The van der Waals surface area contributed by atoms with Gasteiger partial charge in [0.2, 0.25) is 0 Å². The summed E-state index contributed by atoms with van der Waals surface area (Å²) in [6, 6.07) is 6.86. The van der Waals surface area contributed by atoms with Gasteiger partial charge in [-0.25, -0.2) is 0 Å². The molecule has 0 spiro atoms. The Bertz CT molecular complexity index is 734. The lowest BCUT2D eigenvalue weighted by molar-refractivity contribution is 0.218. The van der Waals surface area contributed by atoms with Crippen LogP contribution < -0.4 is 10.1 Å². The topological polar surface area (TPSA) is 42.3 Å². The average Bonchev–Trinajstić information content (AvgIpc) is 3.07. The van der Waals surface area contributed by atoms with Crippen molar-refractivity contribution >= 4 is 0 Å². The molecule has 3 rings (SSSR count). The maximum Gasteiger partial charge on any atom is 0.123 e. The van der Waals surface area contributed by atoms with Crippen molar-refractivity contribution in [3.63, 3.8) is 0 Å². The third kappa shape index (κ3) is 4.90. The molecular weight excluding hydrogens is 336 g/mol.